The van der Waals surface area contributed by atoms with E-state index < -0.39 is 0 Å². The molecule has 0 spiro atoms. The molecule has 3 N–H and O–H groups in total. The summed E-state index contributed by atoms with van der Waals surface area (Å²) in [4.78, 5) is 12.1. The number of amides is 1. The number of halogens is 1. The van der Waals surface area contributed by atoms with E-state index in [1.807, 2.05) is 31.2 Å². The smallest absolute Gasteiger partial charge is 0.238 e. The molecule has 1 aliphatic rings. The summed E-state index contributed by atoms with van der Waals surface area (Å²) in [6.45, 7) is 11.2. The number of nitrogens with one attached hydrogen (secondary N) is 3. The van der Waals surface area contributed by atoms with Crippen molar-refractivity contribution in [2.75, 3.05) is 11.9 Å². The van der Waals surface area contributed by atoms with Crippen LogP contribution < -0.4 is 16.0 Å². The SMILES string of the molecule is Cc1cccc(NC(=O)CNC2CC(C)(C)NC(C)(C)C2)c1.Cl. The lowest BCUT2D eigenvalue weighted by Crippen LogP contribution is -2.62. The average Bonchev–Trinajstić information content (AvgIpc) is 2.32. The second kappa shape index (κ2) is 7.65. The van der Waals surface area contributed by atoms with Crippen LogP contribution in [0.1, 0.15) is 46.1 Å². The number of benzene rings is 1. The molecule has 1 saturated heterocycles. The second-order valence-electron chi connectivity index (χ2n) is 7.80. The highest BCUT2D eigenvalue weighted by Crippen LogP contribution is 2.28. The van der Waals surface area contributed by atoms with Crippen LogP contribution >= 0.6 is 12.4 Å². The fraction of sp³-hybridized carbons (Fsp3) is 0.611. The Kier molecular flexibility index (Phi) is 6.63. The molecule has 1 fully saturated rings. The van der Waals surface area contributed by atoms with Gasteiger partial charge in [-0.1, -0.05) is 12.1 Å². The Labute approximate surface area is 146 Å². The Morgan fingerprint density at radius 2 is 1.83 bits per heavy atom. The monoisotopic (exact) mass is 339 g/mol. The van der Waals surface area contributed by atoms with Crippen LogP contribution in [0.2, 0.25) is 0 Å². The molecular formula is C18H30ClN3O. The fourth-order valence-corrected chi connectivity index (χ4v) is 3.63. The lowest BCUT2D eigenvalue weighted by atomic mass is 9.79. The molecule has 5 heteroatoms. The van der Waals surface area contributed by atoms with Crippen LogP contribution in [0, 0.1) is 6.92 Å². The van der Waals surface area contributed by atoms with Crippen LogP contribution in [0.5, 0.6) is 0 Å². The summed E-state index contributed by atoms with van der Waals surface area (Å²) in [5, 5.41) is 10.0. The van der Waals surface area contributed by atoms with Crippen LogP contribution in [0.4, 0.5) is 5.69 Å². The molecule has 0 aliphatic carbocycles. The molecule has 0 atom stereocenters. The number of hydrogen-bond acceptors (Lipinski definition) is 3. The van der Waals surface area contributed by atoms with Gasteiger partial charge in [-0.05, 0) is 65.2 Å². The van der Waals surface area contributed by atoms with E-state index in [9.17, 15) is 4.79 Å². The molecule has 0 saturated carbocycles. The first-order valence-electron chi connectivity index (χ1n) is 8.04. The summed E-state index contributed by atoms with van der Waals surface area (Å²) in [7, 11) is 0. The number of anilines is 1. The molecule has 0 bridgehead atoms. The van der Waals surface area contributed by atoms with Crippen molar-refractivity contribution in [2.45, 2.75) is 64.6 Å². The zero-order chi connectivity index (χ0) is 16.4. The van der Waals surface area contributed by atoms with Crippen LogP contribution in [0.15, 0.2) is 24.3 Å². The van der Waals surface area contributed by atoms with Crippen molar-refractivity contribution in [1.29, 1.82) is 0 Å². The predicted molar refractivity (Wildman–Crippen MR) is 99.4 cm³/mol. The lowest BCUT2D eigenvalue weighted by molar-refractivity contribution is -0.115. The molecule has 1 heterocycles. The van der Waals surface area contributed by atoms with Crippen molar-refractivity contribution in [1.82, 2.24) is 10.6 Å². The van der Waals surface area contributed by atoms with Gasteiger partial charge in [-0.2, -0.15) is 0 Å². The van der Waals surface area contributed by atoms with E-state index in [4.69, 9.17) is 0 Å². The molecule has 0 unspecified atom stereocenters. The molecule has 130 valence electrons. The summed E-state index contributed by atoms with van der Waals surface area (Å²) in [6, 6.07) is 8.23. The number of rotatable bonds is 4. The Hall–Kier alpha value is -1.10. The Morgan fingerprint density at radius 1 is 1.22 bits per heavy atom. The third kappa shape index (κ3) is 6.50. The van der Waals surface area contributed by atoms with E-state index in [-0.39, 0.29) is 29.4 Å². The Bertz CT molecular complexity index is 527. The van der Waals surface area contributed by atoms with Crippen molar-refractivity contribution in [3.05, 3.63) is 29.8 Å². The summed E-state index contributed by atoms with van der Waals surface area (Å²) in [5.41, 5.74) is 2.18. The minimum absolute atomic E-state index is 0. The average molecular weight is 340 g/mol. The maximum atomic E-state index is 12.1. The first-order valence-corrected chi connectivity index (χ1v) is 8.04. The third-order valence-electron chi connectivity index (χ3n) is 4.04. The number of aryl methyl sites for hydroxylation is 1. The van der Waals surface area contributed by atoms with Gasteiger partial charge < -0.3 is 16.0 Å². The van der Waals surface area contributed by atoms with Gasteiger partial charge >= 0.3 is 0 Å². The van der Waals surface area contributed by atoms with Gasteiger partial charge in [0.15, 0.2) is 0 Å². The van der Waals surface area contributed by atoms with E-state index in [2.05, 4.69) is 43.6 Å². The maximum Gasteiger partial charge on any atom is 0.238 e. The molecule has 0 radical (unpaired) electrons. The van der Waals surface area contributed by atoms with Crippen LogP contribution in [-0.4, -0.2) is 29.6 Å². The van der Waals surface area contributed by atoms with Gasteiger partial charge in [-0.25, -0.2) is 0 Å². The summed E-state index contributed by atoms with van der Waals surface area (Å²) < 4.78 is 0. The maximum absolute atomic E-state index is 12.1. The second-order valence-corrected chi connectivity index (χ2v) is 7.80. The van der Waals surface area contributed by atoms with Crippen LogP contribution in [0.25, 0.3) is 0 Å². The van der Waals surface area contributed by atoms with Crippen molar-refractivity contribution >= 4 is 24.0 Å². The van der Waals surface area contributed by atoms with E-state index >= 15 is 0 Å². The largest absolute Gasteiger partial charge is 0.325 e. The van der Waals surface area contributed by atoms with Gasteiger partial charge in [0, 0.05) is 22.8 Å². The molecule has 2 rings (SSSR count). The number of carbonyl (C=O) groups is 1. The van der Waals surface area contributed by atoms with E-state index in [0.29, 0.717) is 12.6 Å². The van der Waals surface area contributed by atoms with Crippen molar-refractivity contribution in [3.63, 3.8) is 0 Å². The number of piperidine rings is 1. The van der Waals surface area contributed by atoms with Crippen molar-refractivity contribution in [2.24, 2.45) is 0 Å². The zero-order valence-electron chi connectivity index (χ0n) is 14.8. The van der Waals surface area contributed by atoms with Gasteiger partial charge in [-0.15, -0.1) is 12.4 Å². The quantitative estimate of drug-likeness (QED) is 0.789. The zero-order valence-corrected chi connectivity index (χ0v) is 15.6. The van der Waals surface area contributed by atoms with Gasteiger partial charge in [0.05, 0.1) is 6.54 Å². The van der Waals surface area contributed by atoms with E-state index in [1.54, 1.807) is 0 Å². The van der Waals surface area contributed by atoms with Gasteiger partial charge in [0.25, 0.3) is 0 Å². The van der Waals surface area contributed by atoms with Crippen LogP contribution in [0.3, 0.4) is 0 Å². The first-order chi connectivity index (χ1) is 10.2. The van der Waals surface area contributed by atoms with Crippen molar-refractivity contribution < 1.29 is 4.79 Å². The predicted octanol–water partition coefficient (Wildman–Crippen LogP) is 3.25. The normalized spacial score (nSPS) is 19.7. The molecule has 1 aromatic carbocycles. The minimum Gasteiger partial charge on any atom is -0.325 e. The van der Waals surface area contributed by atoms with E-state index in [1.165, 1.54) is 0 Å². The fourth-order valence-electron chi connectivity index (χ4n) is 3.63. The number of carbonyl (C=O) groups excluding carboxylic acids is 1. The summed E-state index contributed by atoms with van der Waals surface area (Å²) >= 11 is 0. The molecule has 1 aliphatic heterocycles. The van der Waals surface area contributed by atoms with Crippen LogP contribution in [-0.2, 0) is 4.79 Å². The third-order valence-corrected chi connectivity index (χ3v) is 4.04. The Balaban J connectivity index is 0.00000264. The standard InChI is InChI=1S/C18H29N3O.ClH/c1-13-7-6-8-14(9-13)20-16(22)12-19-15-10-17(2,3)21-18(4,5)11-15;/h6-9,15,19,21H,10-12H2,1-5H3,(H,20,22);1H. The Morgan fingerprint density at radius 3 is 2.39 bits per heavy atom. The molecule has 1 amide bonds. The first kappa shape index (κ1) is 19.9. The molecule has 1 aromatic rings. The highest BCUT2D eigenvalue weighted by Gasteiger charge is 2.37. The highest BCUT2D eigenvalue weighted by molar-refractivity contribution is 5.92. The minimum atomic E-state index is 0. The van der Waals surface area contributed by atoms with E-state index in [0.717, 1.165) is 24.1 Å². The molecular weight excluding hydrogens is 310 g/mol. The van der Waals surface area contributed by atoms with Gasteiger partial charge in [0.1, 0.15) is 0 Å². The molecule has 23 heavy (non-hydrogen) atoms. The molecule has 4 nitrogen and oxygen atoms in total. The molecule has 0 aromatic heterocycles. The number of hydrogen-bond donors (Lipinski definition) is 3. The van der Waals surface area contributed by atoms with Gasteiger partial charge in [0.2, 0.25) is 5.91 Å². The summed E-state index contributed by atoms with van der Waals surface area (Å²) in [5.74, 6) is 0.0137. The topological polar surface area (TPSA) is 53.2 Å². The highest BCUT2D eigenvalue weighted by atomic mass is 35.5. The van der Waals surface area contributed by atoms with Crippen molar-refractivity contribution in [3.8, 4) is 0 Å². The van der Waals surface area contributed by atoms with Gasteiger partial charge in [-0.3, -0.25) is 4.79 Å². The lowest BCUT2D eigenvalue weighted by Gasteiger charge is -2.46. The summed E-state index contributed by atoms with van der Waals surface area (Å²) in [6.07, 6.45) is 2.04.